The van der Waals surface area contributed by atoms with Gasteiger partial charge in [0.1, 0.15) is 0 Å². The van der Waals surface area contributed by atoms with Crippen LogP contribution in [0.1, 0.15) is 22.8 Å². The fourth-order valence-electron chi connectivity index (χ4n) is 1.40. The van der Waals surface area contributed by atoms with Crippen molar-refractivity contribution >= 4 is 0 Å². The van der Waals surface area contributed by atoms with Gasteiger partial charge in [0.15, 0.2) is 0 Å². The lowest BCUT2D eigenvalue weighted by Gasteiger charge is -2.09. The Kier molecular flexibility index (Phi) is 3.44. The van der Waals surface area contributed by atoms with Crippen molar-refractivity contribution < 1.29 is 5.11 Å². The second-order valence-corrected chi connectivity index (χ2v) is 3.29. The van der Waals surface area contributed by atoms with Gasteiger partial charge in [-0.25, -0.2) is 0 Å². The van der Waals surface area contributed by atoms with E-state index in [9.17, 15) is 5.11 Å². The molecule has 0 radical (unpaired) electrons. The quantitative estimate of drug-likeness (QED) is 0.722. The van der Waals surface area contributed by atoms with Crippen LogP contribution in [0.4, 0.5) is 0 Å². The van der Waals surface area contributed by atoms with Gasteiger partial charge in [-0.1, -0.05) is 23.8 Å². The van der Waals surface area contributed by atoms with E-state index in [2.05, 4.69) is 0 Å². The number of nitriles is 1. The normalized spacial score (nSPS) is 12.7. The number of aliphatic hydroxyl groups is 1. The molecule has 1 N–H and O–H groups in total. The average Bonchev–Trinajstić information content (AvgIpc) is 2.14. The number of aliphatic hydroxyl groups excluding tert-OH is 1. The Balaban J connectivity index is 2.97. The van der Waals surface area contributed by atoms with E-state index in [1.54, 1.807) is 0 Å². The number of hydrogen-bond donors (Lipinski definition) is 1. The van der Waals surface area contributed by atoms with E-state index >= 15 is 0 Å². The van der Waals surface area contributed by atoms with Crippen LogP contribution in [0.5, 0.6) is 0 Å². The maximum absolute atomic E-state index is 9.69. The van der Waals surface area contributed by atoms with Crippen LogP contribution in [0.15, 0.2) is 30.4 Å². The Morgan fingerprint density at radius 1 is 1.43 bits per heavy atom. The highest BCUT2D eigenvalue weighted by atomic mass is 16.3. The van der Waals surface area contributed by atoms with Gasteiger partial charge in [-0.3, -0.25) is 0 Å². The third-order valence-electron chi connectivity index (χ3n) is 2.10. The summed E-state index contributed by atoms with van der Waals surface area (Å²) in [7, 11) is 0. The molecule has 1 aromatic carbocycles. The zero-order valence-corrected chi connectivity index (χ0v) is 8.36. The number of nitrogens with zero attached hydrogens (tertiary/aromatic N) is 1. The van der Waals surface area contributed by atoms with Crippen LogP contribution in [0.25, 0.3) is 0 Å². The molecule has 0 saturated carbocycles. The molecule has 0 aliphatic rings. The van der Waals surface area contributed by atoms with Crippen molar-refractivity contribution in [2.24, 2.45) is 0 Å². The average molecular weight is 187 g/mol. The fraction of sp³-hybridized carbons (Fsp3) is 0.250. The van der Waals surface area contributed by atoms with Gasteiger partial charge in [0.25, 0.3) is 0 Å². The maximum atomic E-state index is 9.69. The molecule has 0 fully saturated rings. The SMILES string of the molecule is Cc1ccc(C(O)/C=C/C#N)c(C)c1. The lowest BCUT2D eigenvalue weighted by Crippen LogP contribution is -1.96. The van der Waals surface area contributed by atoms with E-state index in [-0.39, 0.29) is 0 Å². The summed E-state index contributed by atoms with van der Waals surface area (Å²) in [4.78, 5) is 0. The van der Waals surface area contributed by atoms with E-state index < -0.39 is 6.10 Å². The molecule has 0 saturated heterocycles. The molecule has 0 spiro atoms. The highest BCUT2D eigenvalue weighted by molar-refractivity contribution is 5.34. The van der Waals surface area contributed by atoms with Gasteiger partial charge in [-0.15, -0.1) is 0 Å². The summed E-state index contributed by atoms with van der Waals surface area (Å²) >= 11 is 0. The molecule has 72 valence electrons. The first-order valence-corrected chi connectivity index (χ1v) is 4.46. The van der Waals surface area contributed by atoms with E-state index in [0.29, 0.717) is 0 Å². The topological polar surface area (TPSA) is 44.0 Å². The largest absolute Gasteiger partial charge is 0.384 e. The minimum absolute atomic E-state index is 0.685. The molecule has 0 aliphatic heterocycles. The molecule has 0 amide bonds. The Morgan fingerprint density at radius 3 is 2.71 bits per heavy atom. The predicted molar refractivity (Wildman–Crippen MR) is 55.6 cm³/mol. The summed E-state index contributed by atoms with van der Waals surface area (Å²) in [6, 6.07) is 7.71. The zero-order chi connectivity index (χ0) is 10.6. The van der Waals surface area contributed by atoms with Crippen LogP contribution in [0.3, 0.4) is 0 Å². The molecule has 1 unspecified atom stereocenters. The van der Waals surface area contributed by atoms with E-state index in [4.69, 9.17) is 5.26 Å². The van der Waals surface area contributed by atoms with Crippen molar-refractivity contribution in [2.75, 3.05) is 0 Å². The van der Waals surface area contributed by atoms with Crippen molar-refractivity contribution in [1.82, 2.24) is 0 Å². The number of hydrogen-bond acceptors (Lipinski definition) is 2. The van der Waals surface area contributed by atoms with Crippen LogP contribution in [-0.4, -0.2) is 5.11 Å². The molecule has 0 bridgehead atoms. The Hall–Kier alpha value is -1.59. The number of benzene rings is 1. The van der Waals surface area contributed by atoms with Gasteiger partial charge in [-0.2, -0.15) is 5.26 Å². The van der Waals surface area contributed by atoms with Gasteiger partial charge in [0.2, 0.25) is 0 Å². The van der Waals surface area contributed by atoms with Gasteiger partial charge in [0.05, 0.1) is 12.2 Å². The van der Waals surface area contributed by atoms with Crippen LogP contribution in [-0.2, 0) is 0 Å². The third-order valence-corrected chi connectivity index (χ3v) is 2.10. The molecular formula is C12H13NO. The minimum atomic E-state index is -0.685. The van der Waals surface area contributed by atoms with E-state index in [1.807, 2.05) is 38.1 Å². The molecule has 0 heterocycles. The molecule has 14 heavy (non-hydrogen) atoms. The number of aryl methyl sites for hydroxylation is 2. The van der Waals surface area contributed by atoms with E-state index in [0.717, 1.165) is 11.1 Å². The summed E-state index contributed by atoms with van der Waals surface area (Å²) in [5.41, 5.74) is 3.06. The smallest absolute Gasteiger partial charge is 0.0984 e. The van der Waals surface area contributed by atoms with Crippen molar-refractivity contribution in [3.05, 3.63) is 47.0 Å². The molecule has 0 aromatic heterocycles. The van der Waals surface area contributed by atoms with Gasteiger partial charge in [0, 0.05) is 6.08 Å². The second kappa shape index (κ2) is 4.59. The molecule has 1 aromatic rings. The van der Waals surface area contributed by atoms with Crippen LogP contribution in [0.2, 0.25) is 0 Å². The number of rotatable bonds is 2. The molecular weight excluding hydrogens is 174 g/mol. The Labute approximate surface area is 84.1 Å². The second-order valence-electron chi connectivity index (χ2n) is 3.29. The van der Waals surface area contributed by atoms with Crippen LogP contribution < -0.4 is 0 Å². The van der Waals surface area contributed by atoms with Crippen molar-refractivity contribution in [2.45, 2.75) is 20.0 Å². The first kappa shape index (κ1) is 10.5. The Bertz CT molecular complexity index is 388. The summed E-state index contributed by atoms with van der Waals surface area (Å²) in [6.45, 7) is 3.96. The van der Waals surface area contributed by atoms with E-state index in [1.165, 1.54) is 17.7 Å². The lowest BCUT2D eigenvalue weighted by atomic mass is 10.0. The van der Waals surface area contributed by atoms with Crippen LogP contribution >= 0.6 is 0 Å². The summed E-state index contributed by atoms with van der Waals surface area (Å²) in [5.74, 6) is 0. The Morgan fingerprint density at radius 2 is 2.14 bits per heavy atom. The fourth-order valence-corrected chi connectivity index (χ4v) is 1.40. The van der Waals surface area contributed by atoms with Crippen molar-refractivity contribution in [3.8, 4) is 6.07 Å². The highest BCUT2D eigenvalue weighted by Gasteiger charge is 2.05. The van der Waals surface area contributed by atoms with Crippen molar-refractivity contribution in [3.63, 3.8) is 0 Å². The highest BCUT2D eigenvalue weighted by Crippen LogP contribution is 2.19. The molecule has 0 aliphatic carbocycles. The van der Waals surface area contributed by atoms with Gasteiger partial charge >= 0.3 is 0 Å². The minimum Gasteiger partial charge on any atom is -0.384 e. The standard InChI is InChI=1S/C12H13NO/c1-9-5-6-11(10(2)8-9)12(14)4-3-7-13/h3-6,8,12,14H,1-2H3/b4-3+. The van der Waals surface area contributed by atoms with Gasteiger partial charge in [-0.05, 0) is 31.1 Å². The summed E-state index contributed by atoms with van der Waals surface area (Å²) in [6.07, 6.45) is 2.09. The monoisotopic (exact) mass is 187 g/mol. The third kappa shape index (κ3) is 2.45. The summed E-state index contributed by atoms with van der Waals surface area (Å²) in [5, 5.41) is 18.0. The van der Waals surface area contributed by atoms with Crippen LogP contribution in [0, 0.1) is 25.2 Å². The lowest BCUT2D eigenvalue weighted by molar-refractivity contribution is 0.228. The molecule has 1 atom stereocenters. The predicted octanol–water partition coefficient (Wildman–Crippen LogP) is 2.42. The summed E-state index contributed by atoms with van der Waals surface area (Å²) < 4.78 is 0. The first-order valence-electron chi connectivity index (χ1n) is 4.46. The maximum Gasteiger partial charge on any atom is 0.0984 e. The first-order chi connectivity index (χ1) is 6.65. The number of allylic oxidation sites excluding steroid dienone is 1. The molecule has 1 rings (SSSR count). The van der Waals surface area contributed by atoms with Gasteiger partial charge < -0.3 is 5.11 Å². The molecule has 2 nitrogen and oxygen atoms in total. The molecule has 2 heteroatoms. The zero-order valence-electron chi connectivity index (χ0n) is 8.36. The van der Waals surface area contributed by atoms with Crippen molar-refractivity contribution in [1.29, 1.82) is 5.26 Å².